The average molecular weight is 443 g/mol. The predicted molar refractivity (Wildman–Crippen MR) is 113 cm³/mol. The van der Waals surface area contributed by atoms with Crippen molar-refractivity contribution in [2.75, 3.05) is 13.7 Å². The van der Waals surface area contributed by atoms with E-state index in [1.54, 1.807) is 0 Å². The highest BCUT2D eigenvalue weighted by molar-refractivity contribution is 6.11. The van der Waals surface area contributed by atoms with Crippen molar-refractivity contribution in [3.05, 3.63) is 71.5 Å². The molecule has 9 heteroatoms. The van der Waals surface area contributed by atoms with Crippen molar-refractivity contribution in [2.45, 2.75) is 19.4 Å². The van der Waals surface area contributed by atoms with Crippen LogP contribution in [0.25, 0.3) is 21.8 Å². The van der Waals surface area contributed by atoms with Crippen molar-refractivity contribution in [1.29, 1.82) is 0 Å². The van der Waals surface area contributed by atoms with Crippen LogP contribution in [-0.4, -0.2) is 35.7 Å². The third-order valence-electron chi connectivity index (χ3n) is 4.91. The highest BCUT2D eigenvalue weighted by Crippen LogP contribution is 2.33. The Hall–Kier alpha value is -3.59. The van der Waals surface area contributed by atoms with Gasteiger partial charge in [-0.15, -0.1) is 0 Å². The second-order valence-corrected chi connectivity index (χ2v) is 7.21. The molecule has 0 aliphatic rings. The Labute approximate surface area is 181 Å². The number of H-pyrrole nitrogens is 1. The molecule has 0 fully saturated rings. The second kappa shape index (κ2) is 8.88. The molecule has 0 unspecified atom stereocenters. The third kappa shape index (κ3) is 4.67. The van der Waals surface area contributed by atoms with Crippen LogP contribution in [0, 0.1) is 0 Å². The first kappa shape index (κ1) is 21.6. The summed E-state index contributed by atoms with van der Waals surface area (Å²) in [5.41, 5.74) is 2.72. The molecular formula is C23H20F3N3O3. The van der Waals surface area contributed by atoms with Crippen LogP contribution in [0.15, 0.2) is 54.7 Å². The van der Waals surface area contributed by atoms with E-state index >= 15 is 0 Å². The molecule has 0 atom stereocenters. The Bertz CT molecular complexity index is 1250. The Morgan fingerprint density at radius 2 is 1.88 bits per heavy atom. The molecule has 2 heterocycles. The molecular weight excluding hydrogens is 423 g/mol. The summed E-state index contributed by atoms with van der Waals surface area (Å²) in [7, 11) is 1.44. The molecule has 1 amide bonds. The maximum Gasteiger partial charge on any atom is 0.405 e. The fraction of sp³-hybridized carbons (Fsp3) is 0.217. The summed E-state index contributed by atoms with van der Waals surface area (Å²) < 4.78 is 48.8. The van der Waals surface area contributed by atoms with Crippen LogP contribution < -0.4 is 10.1 Å². The Balaban J connectivity index is 1.73. The SMILES string of the molecule is COCc1c(C(=O)NCC(F)(F)F)ncc2[nH]c3ccc(OCc4ccccc4)cc3c12. The van der Waals surface area contributed by atoms with E-state index in [1.165, 1.54) is 13.3 Å². The van der Waals surface area contributed by atoms with Gasteiger partial charge < -0.3 is 19.8 Å². The number of benzene rings is 2. The minimum absolute atomic E-state index is 0.00116. The molecule has 4 aromatic rings. The lowest BCUT2D eigenvalue weighted by Gasteiger charge is -2.12. The number of fused-ring (bicyclic) bond motifs is 3. The van der Waals surface area contributed by atoms with Crippen LogP contribution in [0.3, 0.4) is 0 Å². The van der Waals surface area contributed by atoms with E-state index in [2.05, 4.69) is 9.97 Å². The van der Waals surface area contributed by atoms with Crippen molar-refractivity contribution >= 4 is 27.7 Å². The molecule has 6 nitrogen and oxygen atoms in total. The molecule has 2 aromatic carbocycles. The molecule has 32 heavy (non-hydrogen) atoms. The third-order valence-corrected chi connectivity index (χ3v) is 4.91. The number of hydrogen-bond donors (Lipinski definition) is 2. The summed E-state index contributed by atoms with van der Waals surface area (Å²) in [4.78, 5) is 19.8. The molecule has 4 rings (SSSR count). The number of aromatic nitrogens is 2. The number of rotatable bonds is 7. The number of nitrogens with one attached hydrogen (secondary N) is 2. The molecule has 0 aliphatic heterocycles. The van der Waals surface area contributed by atoms with Gasteiger partial charge in [0.1, 0.15) is 24.6 Å². The zero-order valence-corrected chi connectivity index (χ0v) is 17.1. The number of amides is 1. The van der Waals surface area contributed by atoms with Gasteiger partial charge in [0.2, 0.25) is 0 Å². The maximum atomic E-state index is 12.6. The van der Waals surface area contributed by atoms with Gasteiger partial charge >= 0.3 is 6.18 Å². The molecule has 0 bridgehead atoms. The van der Waals surface area contributed by atoms with Gasteiger partial charge in [-0.25, -0.2) is 4.98 Å². The van der Waals surface area contributed by atoms with Gasteiger partial charge in [-0.2, -0.15) is 13.2 Å². The second-order valence-electron chi connectivity index (χ2n) is 7.21. The van der Waals surface area contributed by atoms with Crippen LogP contribution in [0.5, 0.6) is 5.75 Å². The minimum atomic E-state index is -4.52. The first-order valence-corrected chi connectivity index (χ1v) is 9.79. The summed E-state index contributed by atoms with van der Waals surface area (Å²) in [6.45, 7) is -1.06. The Morgan fingerprint density at radius 1 is 1.09 bits per heavy atom. The molecule has 2 N–H and O–H groups in total. The lowest BCUT2D eigenvalue weighted by Crippen LogP contribution is -2.34. The summed E-state index contributed by atoms with van der Waals surface area (Å²) in [6.07, 6.45) is -3.09. The topological polar surface area (TPSA) is 76.2 Å². The monoisotopic (exact) mass is 443 g/mol. The fourth-order valence-corrected chi connectivity index (χ4v) is 3.51. The molecule has 0 aliphatic carbocycles. The number of carbonyl (C=O) groups excluding carboxylic acids is 1. The maximum absolute atomic E-state index is 12.6. The van der Waals surface area contributed by atoms with E-state index in [-0.39, 0.29) is 12.3 Å². The lowest BCUT2D eigenvalue weighted by molar-refractivity contribution is -0.123. The van der Waals surface area contributed by atoms with Gasteiger partial charge in [0.05, 0.1) is 18.3 Å². The number of aromatic amines is 1. The number of halogens is 3. The van der Waals surface area contributed by atoms with E-state index in [0.29, 0.717) is 28.8 Å². The van der Waals surface area contributed by atoms with Crippen molar-refractivity contribution in [3.63, 3.8) is 0 Å². The number of alkyl halides is 3. The van der Waals surface area contributed by atoms with Gasteiger partial charge in [-0.1, -0.05) is 30.3 Å². The number of methoxy groups -OCH3 is 1. The summed E-state index contributed by atoms with van der Waals surface area (Å²) in [5, 5.41) is 3.28. The van der Waals surface area contributed by atoms with Crippen LogP contribution in [-0.2, 0) is 18.0 Å². The normalized spacial score (nSPS) is 11.8. The average Bonchev–Trinajstić information content (AvgIpc) is 3.15. The zero-order chi connectivity index (χ0) is 22.7. The van der Waals surface area contributed by atoms with Crippen molar-refractivity contribution in [1.82, 2.24) is 15.3 Å². The summed E-state index contributed by atoms with van der Waals surface area (Å²) >= 11 is 0. The van der Waals surface area contributed by atoms with E-state index < -0.39 is 18.6 Å². The van der Waals surface area contributed by atoms with Gasteiger partial charge in [0.25, 0.3) is 5.91 Å². The molecule has 0 spiro atoms. The van der Waals surface area contributed by atoms with Crippen LogP contribution in [0.2, 0.25) is 0 Å². The standard InChI is InChI=1S/C23H20F3N3O3/c1-31-12-17-20-16-9-15(32-11-14-5-3-2-4-6-14)7-8-18(16)29-19(20)10-27-21(17)22(30)28-13-23(24,25)26/h2-10,29H,11-13H2,1H3,(H,28,30). The van der Waals surface area contributed by atoms with Crippen LogP contribution in [0.4, 0.5) is 13.2 Å². The van der Waals surface area contributed by atoms with Gasteiger partial charge in [-0.3, -0.25) is 4.79 Å². The number of nitrogens with zero attached hydrogens (tertiary/aromatic N) is 1. The van der Waals surface area contributed by atoms with Crippen molar-refractivity contribution < 1.29 is 27.4 Å². The van der Waals surface area contributed by atoms with Crippen molar-refractivity contribution in [3.8, 4) is 5.75 Å². The molecule has 166 valence electrons. The number of ether oxygens (including phenoxy) is 2. The van der Waals surface area contributed by atoms with Crippen molar-refractivity contribution in [2.24, 2.45) is 0 Å². The number of carbonyl (C=O) groups is 1. The van der Waals surface area contributed by atoms with Gasteiger partial charge in [0, 0.05) is 29.0 Å². The van der Waals surface area contributed by atoms with E-state index in [9.17, 15) is 18.0 Å². The van der Waals surface area contributed by atoms with Crippen LogP contribution >= 0.6 is 0 Å². The van der Waals surface area contributed by atoms with E-state index in [1.807, 2.05) is 53.8 Å². The fourth-order valence-electron chi connectivity index (χ4n) is 3.51. The highest BCUT2D eigenvalue weighted by atomic mass is 19.4. The van der Waals surface area contributed by atoms with Gasteiger partial charge in [0.15, 0.2) is 0 Å². The molecule has 0 saturated carbocycles. The van der Waals surface area contributed by atoms with E-state index in [4.69, 9.17) is 9.47 Å². The Morgan fingerprint density at radius 3 is 2.59 bits per heavy atom. The highest BCUT2D eigenvalue weighted by Gasteiger charge is 2.29. The quantitative estimate of drug-likeness (QED) is 0.433. The Kier molecular flexibility index (Phi) is 6.00. The van der Waals surface area contributed by atoms with Crippen LogP contribution in [0.1, 0.15) is 21.6 Å². The number of hydrogen-bond acceptors (Lipinski definition) is 4. The van der Waals surface area contributed by atoms with Gasteiger partial charge in [-0.05, 0) is 23.8 Å². The molecule has 0 radical (unpaired) electrons. The smallest absolute Gasteiger partial charge is 0.405 e. The summed E-state index contributed by atoms with van der Waals surface area (Å²) in [6, 6.07) is 15.2. The predicted octanol–water partition coefficient (Wildman–Crippen LogP) is 4.73. The lowest BCUT2D eigenvalue weighted by atomic mass is 10.1. The first-order valence-electron chi connectivity index (χ1n) is 9.79. The zero-order valence-electron chi connectivity index (χ0n) is 17.1. The number of pyridine rings is 1. The van der Waals surface area contributed by atoms with E-state index in [0.717, 1.165) is 16.5 Å². The minimum Gasteiger partial charge on any atom is -0.489 e. The largest absolute Gasteiger partial charge is 0.489 e. The molecule has 2 aromatic heterocycles. The molecule has 0 saturated heterocycles. The summed E-state index contributed by atoms with van der Waals surface area (Å²) in [5.74, 6) is -0.299. The first-order chi connectivity index (χ1) is 15.4.